The van der Waals surface area contributed by atoms with Crippen LogP contribution < -0.4 is 21.3 Å². The number of likely N-dealkylation sites (tertiary alicyclic amines) is 1. The highest BCUT2D eigenvalue weighted by Gasteiger charge is 2.44. The average molecular weight is 828 g/mol. The molecule has 5 N–H and O–H groups in total. The monoisotopic (exact) mass is 827 g/mol. The Hall–Kier alpha value is -4.41. The number of benzene rings is 1. The summed E-state index contributed by atoms with van der Waals surface area (Å²) < 4.78 is 5.79. The number of carbonyl (C=O) groups is 6. The van der Waals surface area contributed by atoms with Gasteiger partial charge in [-0.05, 0) is 89.7 Å². The molecule has 0 unspecified atom stereocenters. The lowest BCUT2D eigenvalue weighted by Gasteiger charge is -2.38. The second kappa shape index (κ2) is 21.6. The van der Waals surface area contributed by atoms with Crippen molar-refractivity contribution in [2.75, 3.05) is 33.0 Å². The van der Waals surface area contributed by atoms with Crippen molar-refractivity contribution in [3.63, 3.8) is 0 Å². The molecule has 1 aromatic heterocycles. The van der Waals surface area contributed by atoms with Crippen LogP contribution in [0, 0.1) is 17.8 Å². The maximum Gasteiger partial charge on any atom is 0.306 e. The van der Waals surface area contributed by atoms with Gasteiger partial charge < -0.3 is 36.0 Å². The lowest BCUT2D eigenvalue weighted by Crippen LogP contribution is -2.60. The number of nitrogens with zero attached hydrogens (tertiary/aromatic N) is 3. The molecule has 1 aromatic carbocycles. The number of aromatic nitrogens is 1. The molecule has 8 atom stereocenters. The number of aliphatic carboxylic acids is 1. The number of rotatable bonds is 21. The molecule has 4 amide bonds. The van der Waals surface area contributed by atoms with E-state index < -0.39 is 53.5 Å². The van der Waals surface area contributed by atoms with E-state index in [1.54, 1.807) is 50.4 Å². The number of esters is 1. The first kappa shape index (κ1) is 48.0. The molecule has 322 valence electrons. The number of hydrogen-bond donors (Lipinski definition) is 5. The number of nitrogens with one attached hydrogen (secondary N) is 4. The summed E-state index contributed by atoms with van der Waals surface area (Å²) in [5, 5.41) is 23.4. The van der Waals surface area contributed by atoms with E-state index >= 15 is 0 Å². The molecule has 1 aliphatic rings. The Bertz CT molecular complexity index is 1740. The minimum atomic E-state index is -0.993. The van der Waals surface area contributed by atoms with Crippen molar-refractivity contribution in [2.45, 2.75) is 130 Å². The first-order chi connectivity index (χ1) is 27.2. The smallest absolute Gasteiger partial charge is 0.306 e. The fourth-order valence-corrected chi connectivity index (χ4v) is 7.99. The number of likely N-dealkylation sites (N-methyl/N-ethyl adjacent to an activating group) is 3. The second-order valence-corrected chi connectivity index (χ2v) is 17.2. The summed E-state index contributed by atoms with van der Waals surface area (Å²) >= 11 is 1.15. The minimum absolute atomic E-state index is 0.0808. The highest BCUT2D eigenvalue weighted by atomic mass is 32.1. The Labute approximate surface area is 347 Å². The van der Waals surface area contributed by atoms with Gasteiger partial charge in [0.1, 0.15) is 16.7 Å². The van der Waals surface area contributed by atoms with Gasteiger partial charge in [0.05, 0.1) is 17.5 Å². The van der Waals surface area contributed by atoms with E-state index in [-0.39, 0.29) is 54.1 Å². The number of anilines is 1. The summed E-state index contributed by atoms with van der Waals surface area (Å²) in [4.78, 5) is 86.4. The van der Waals surface area contributed by atoms with Crippen molar-refractivity contribution in [2.24, 2.45) is 17.8 Å². The van der Waals surface area contributed by atoms with Gasteiger partial charge in [-0.15, -0.1) is 11.3 Å². The molecular weight excluding hydrogens is 763 g/mol. The van der Waals surface area contributed by atoms with Gasteiger partial charge in [0.2, 0.25) is 17.7 Å². The first-order valence-electron chi connectivity index (χ1n) is 20.2. The molecule has 1 aliphatic heterocycles. The third kappa shape index (κ3) is 12.8. The zero-order valence-electron chi connectivity index (χ0n) is 36.0. The summed E-state index contributed by atoms with van der Waals surface area (Å²) in [5.74, 6) is -3.64. The van der Waals surface area contributed by atoms with E-state index in [0.29, 0.717) is 30.0 Å². The normalized spacial score (nSPS) is 19.2. The topological polar surface area (TPSA) is 199 Å². The van der Waals surface area contributed by atoms with E-state index in [9.17, 15) is 33.9 Å². The van der Waals surface area contributed by atoms with Crippen LogP contribution in [-0.4, -0.2) is 113 Å². The van der Waals surface area contributed by atoms with Crippen molar-refractivity contribution in [3.05, 3.63) is 45.9 Å². The molecule has 0 spiro atoms. The quantitative estimate of drug-likeness (QED) is 0.110. The molecule has 0 aliphatic carbocycles. The predicted octanol–water partition coefficient (Wildman–Crippen LogP) is 4.63. The van der Waals surface area contributed by atoms with Crippen LogP contribution in [0.5, 0.6) is 0 Å². The molecule has 0 saturated carbocycles. The Morgan fingerprint density at radius 1 is 1.03 bits per heavy atom. The van der Waals surface area contributed by atoms with Crippen LogP contribution in [0.4, 0.5) is 5.69 Å². The average Bonchev–Trinajstić information content (AvgIpc) is 3.81. The Balaban J connectivity index is 1.82. The summed E-state index contributed by atoms with van der Waals surface area (Å²) in [6.07, 6.45) is 2.05. The number of ether oxygens (including phenoxy) is 1. The van der Waals surface area contributed by atoms with E-state index in [4.69, 9.17) is 4.74 Å². The maximum absolute atomic E-state index is 14.3. The number of carboxylic acid groups (broad SMARTS) is 1. The third-order valence-corrected chi connectivity index (χ3v) is 12.5. The van der Waals surface area contributed by atoms with Gasteiger partial charge in [-0.3, -0.25) is 33.7 Å². The van der Waals surface area contributed by atoms with Crippen molar-refractivity contribution < 1.29 is 38.6 Å². The SMILES string of the molecule is CC[C@H](C)[C@H](NC(=O)[C@@]1(C)CCCN1C)C(=O)N(C)[C@H](C[C@@H](OC(C)=O)c1nc(C(=O)N[C@@H](Cc2ccc(NC(=O)[C@H](C)NC)cc2)C[C@H](C)C(=O)O)cs1)C(C)C. The number of carbonyl (C=O) groups excluding carboxylic acids is 5. The van der Waals surface area contributed by atoms with Crippen molar-refractivity contribution in [1.82, 2.24) is 30.7 Å². The van der Waals surface area contributed by atoms with Crippen LogP contribution >= 0.6 is 11.3 Å². The molecule has 0 bridgehead atoms. The van der Waals surface area contributed by atoms with Crippen molar-refractivity contribution >= 4 is 52.6 Å². The van der Waals surface area contributed by atoms with Gasteiger partial charge in [0, 0.05) is 43.5 Å². The standard InChI is InChI=1S/C42H65N7O8S/c1-12-25(4)35(47-41(56)42(8)18-13-19-48(42)10)39(53)49(11)33(24(2)3)22-34(57-28(7)50)38-46-32(23-58-38)37(52)45-31(20-26(5)40(54)55)21-29-14-16-30(17-15-29)44-36(51)27(6)43-9/h14-17,23-27,31,33-35,43H,12-13,18-22H2,1-11H3,(H,44,51)(H,45,52)(H,47,56)(H,54,55)/t25-,26-,27-,31+,33+,34+,35-,42+/m0/s1. The van der Waals surface area contributed by atoms with Gasteiger partial charge in [0.15, 0.2) is 6.10 Å². The molecule has 1 saturated heterocycles. The van der Waals surface area contributed by atoms with Crippen molar-refractivity contribution in [1.29, 1.82) is 0 Å². The van der Waals surface area contributed by atoms with E-state index in [2.05, 4.69) is 26.3 Å². The van der Waals surface area contributed by atoms with Crippen molar-refractivity contribution in [3.8, 4) is 0 Å². The Morgan fingerprint density at radius 3 is 2.22 bits per heavy atom. The van der Waals surface area contributed by atoms with Gasteiger partial charge in [0.25, 0.3) is 5.91 Å². The second-order valence-electron chi connectivity index (χ2n) is 16.3. The molecule has 15 nitrogen and oxygen atoms in total. The molecule has 3 rings (SSSR count). The van der Waals surface area contributed by atoms with Crippen LogP contribution in [0.3, 0.4) is 0 Å². The highest BCUT2D eigenvalue weighted by Crippen LogP contribution is 2.32. The van der Waals surface area contributed by atoms with Gasteiger partial charge in [-0.25, -0.2) is 4.98 Å². The van der Waals surface area contributed by atoms with Gasteiger partial charge >= 0.3 is 11.9 Å². The first-order valence-corrected chi connectivity index (χ1v) is 21.1. The lowest BCUT2D eigenvalue weighted by atomic mass is 9.91. The predicted molar refractivity (Wildman–Crippen MR) is 224 cm³/mol. The highest BCUT2D eigenvalue weighted by molar-refractivity contribution is 7.09. The zero-order chi connectivity index (χ0) is 43.5. The maximum atomic E-state index is 14.3. The molecule has 2 heterocycles. The van der Waals surface area contributed by atoms with Crippen LogP contribution in [0.15, 0.2) is 29.6 Å². The Kier molecular flexibility index (Phi) is 17.8. The van der Waals surface area contributed by atoms with Crippen LogP contribution in [0.1, 0.15) is 115 Å². The molecule has 2 aromatic rings. The molecule has 0 radical (unpaired) electrons. The Morgan fingerprint density at radius 2 is 1.69 bits per heavy atom. The summed E-state index contributed by atoms with van der Waals surface area (Å²) in [5.41, 5.74) is 0.803. The van der Waals surface area contributed by atoms with E-state index in [0.717, 1.165) is 29.9 Å². The molecule has 16 heteroatoms. The van der Waals surface area contributed by atoms with Gasteiger partial charge in [-0.2, -0.15) is 0 Å². The molecular formula is C42H65N7O8S. The largest absolute Gasteiger partial charge is 0.481 e. The fraction of sp³-hybridized carbons (Fsp3) is 0.643. The number of thiazole rings is 1. The summed E-state index contributed by atoms with van der Waals surface area (Å²) in [6, 6.07) is 4.99. The van der Waals surface area contributed by atoms with Crippen LogP contribution in [0.2, 0.25) is 0 Å². The summed E-state index contributed by atoms with van der Waals surface area (Å²) in [7, 11) is 5.32. The van der Waals surface area contributed by atoms with E-state index in [1.165, 1.54) is 6.92 Å². The van der Waals surface area contributed by atoms with Gasteiger partial charge in [-0.1, -0.05) is 53.2 Å². The van der Waals surface area contributed by atoms with E-state index in [1.807, 2.05) is 58.7 Å². The number of carboxylic acids is 1. The lowest BCUT2D eigenvalue weighted by molar-refractivity contribution is -0.149. The van der Waals surface area contributed by atoms with Crippen LogP contribution in [0.25, 0.3) is 0 Å². The molecule has 1 fully saturated rings. The fourth-order valence-electron chi connectivity index (χ4n) is 7.15. The third-order valence-electron chi connectivity index (χ3n) is 11.6. The number of hydrogen-bond acceptors (Lipinski definition) is 11. The summed E-state index contributed by atoms with van der Waals surface area (Å²) in [6.45, 7) is 15.2. The zero-order valence-corrected chi connectivity index (χ0v) is 36.8. The van der Waals surface area contributed by atoms with Crippen LogP contribution in [-0.2, 0) is 35.1 Å². The number of amides is 4. The molecule has 58 heavy (non-hydrogen) atoms. The minimum Gasteiger partial charge on any atom is -0.481 e.